The Kier molecular flexibility index (Phi) is 6.94. The molecule has 0 heterocycles. The number of carbonyl (C=O) groups excluding carboxylic acids is 1. The molecule has 1 N–H and O–H groups in total. The predicted octanol–water partition coefficient (Wildman–Crippen LogP) is 3.87. The monoisotopic (exact) mass is 259 g/mol. The van der Waals surface area contributed by atoms with E-state index in [1.807, 2.05) is 0 Å². The van der Waals surface area contributed by atoms with Crippen LogP contribution < -0.4 is 5.32 Å². The summed E-state index contributed by atoms with van der Waals surface area (Å²) < 4.78 is 0. The van der Waals surface area contributed by atoms with Crippen LogP contribution in [0.1, 0.15) is 65.2 Å². The van der Waals surface area contributed by atoms with Gasteiger partial charge in [-0.3, -0.25) is 4.79 Å². The first-order chi connectivity index (χ1) is 8.19. The number of amides is 1. The topological polar surface area (TPSA) is 29.1 Å². The minimum atomic E-state index is 0.136. The van der Waals surface area contributed by atoms with Gasteiger partial charge in [0, 0.05) is 12.0 Å². The van der Waals surface area contributed by atoms with Gasteiger partial charge in [0.2, 0.25) is 5.91 Å². The predicted molar refractivity (Wildman–Crippen MR) is 73.3 cm³/mol. The van der Waals surface area contributed by atoms with Crippen LogP contribution in [0.2, 0.25) is 0 Å². The van der Waals surface area contributed by atoms with Gasteiger partial charge in [-0.05, 0) is 25.7 Å². The van der Waals surface area contributed by atoms with Crippen LogP contribution in [0.5, 0.6) is 0 Å². The second-order valence-corrected chi connectivity index (χ2v) is 5.75. The highest BCUT2D eigenvalue weighted by Gasteiger charge is 2.26. The first-order valence-electron chi connectivity index (χ1n) is 7.13. The molecule has 1 aliphatic carbocycles. The molecule has 1 rings (SSSR count). The van der Waals surface area contributed by atoms with Gasteiger partial charge >= 0.3 is 0 Å². The summed E-state index contributed by atoms with van der Waals surface area (Å²) in [5.74, 6) is 0.419. The van der Waals surface area contributed by atoms with E-state index in [9.17, 15) is 4.79 Å². The molecule has 0 spiro atoms. The lowest BCUT2D eigenvalue weighted by Gasteiger charge is -2.29. The second kappa shape index (κ2) is 7.97. The minimum Gasteiger partial charge on any atom is -0.352 e. The molecule has 1 amide bonds. The summed E-state index contributed by atoms with van der Waals surface area (Å²) in [5, 5.41) is 3.30. The Balaban J connectivity index is 2.44. The van der Waals surface area contributed by atoms with Crippen molar-refractivity contribution in [1.29, 1.82) is 0 Å². The van der Waals surface area contributed by atoms with Gasteiger partial charge in [0.15, 0.2) is 0 Å². The minimum absolute atomic E-state index is 0.136. The molecule has 1 saturated carbocycles. The molecule has 17 heavy (non-hydrogen) atoms. The van der Waals surface area contributed by atoms with Crippen molar-refractivity contribution >= 4 is 17.5 Å². The van der Waals surface area contributed by atoms with Crippen molar-refractivity contribution in [1.82, 2.24) is 5.32 Å². The summed E-state index contributed by atoms with van der Waals surface area (Å²) in [4.78, 5) is 12.2. The molecule has 100 valence electrons. The summed E-state index contributed by atoms with van der Waals surface area (Å²) in [5.41, 5.74) is 0. The molecular weight excluding hydrogens is 234 g/mol. The van der Waals surface area contributed by atoms with Crippen LogP contribution in [0.15, 0.2) is 0 Å². The van der Waals surface area contributed by atoms with Crippen molar-refractivity contribution in [3.8, 4) is 0 Å². The molecule has 0 bridgehead atoms. The van der Waals surface area contributed by atoms with Crippen molar-refractivity contribution < 1.29 is 4.79 Å². The fraction of sp³-hybridized carbons (Fsp3) is 0.929. The van der Waals surface area contributed by atoms with E-state index in [0.717, 1.165) is 38.5 Å². The van der Waals surface area contributed by atoms with Crippen molar-refractivity contribution in [2.45, 2.75) is 76.6 Å². The van der Waals surface area contributed by atoms with Crippen LogP contribution in [0.4, 0.5) is 0 Å². The zero-order valence-corrected chi connectivity index (χ0v) is 11.9. The largest absolute Gasteiger partial charge is 0.352 e. The Morgan fingerprint density at radius 2 is 1.82 bits per heavy atom. The van der Waals surface area contributed by atoms with Gasteiger partial charge in [-0.2, -0.15) is 0 Å². The molecule has 2 atom stereocenters. The zero-order chi connectivity index (χ0) is 12.7. The highest BCUT2D eigenvalue weighted by molar-refractivity contribution is 6.21. The lowest BCUT2D eigenvalue weighted by atomic mass is 9.92. The number of alkyl halides is 1. The summed E-state index contributed by atoms with van der Waals surface area (Å²) >= 11 is 6.27. The van der Waals surface area contributed by atoms with Crippen molar-refractivity contribution in [3.63, 3.8) is 0 Å². The number of hydrogen-bond donors (Lipinski definition) is 1. The number of nitrogens with one attached hydrogen (secondary N) is 1. The molecule has 3 heteroatoms. The smallest absolute Gasteiger partial charge is 0.223 e. The van der Waals surface area contributed by atoms with Crippen LogP contribution in [-0.2, 0) is 4.79 Å². The lowest BCUT2D eigenvalue weighted by Crippen LogP contribution is -2.45. The van der Waals surface area contributed by atoms with E-state index in [1.54, 1.807) is 0 Å². The Morgan fingerprint density at radius 3 is 2.35 bits per heavy atom. The third-order valence-corrected chi connectivity index (χ3v) is 4.18. The Morgan fingerprint density at radius 1 is 1.24 bits per heavy atom. The average molecular weight is 260 g/mol. The lowest BCUT2D eigenvalue weighted by molar-refractivity contribution is -0.126. The van der Waals surface area contributed by atoms with Crippen molar-refractivity contribution in [3.05, 3.63) is 0 Å². The van der Waals surface area contributed by atoms with Crippen LogP contribution >= 0.6 is 11.6 Å². The third kappa shape index (κ3) is 4.87. The van der Waals surface area contributed by atoms with E-state index in [0.29, 0.717) is 0 Å². The fourth-order valence-electron chi connectivity index (χ4n) is 2.65. The van der Waals surface area contributed by atoms with Crippen LogP contribution in [0.25, 0.3) is 0 Å². The van der Waals surface area contributed by atoms with E-state index < -0.39 is 0 Å². The maximum Gasteiger partial charge on any atom is 0.223 e. The van der Waals surface area contributed by atoms with Gasteiger partial charge in [0.25, 0.3) is 0 Å². The van der Waals surface area contributed by atoms with Crippen molar-refractivity contribution in [2.75, 3.05) is 0 Å². The summed E-state index contributed by atoms with van der Waals surface area (Å²) in [7, 11) is 0. The van der Waals surface area contributed by atoms with E-state index in [-0.39, 0.29) is 23.2 Å². The molecule has 0 aromatic heterocycles. The normalized spacial score (nSPS) is 24.9. The highest BCUT2D eigenvalue weighted by Crippen LogP contribution is 2.24. The van der Waals surface area contributed by atoms with Crippen molar-refractivity contribution in [2.24, 2.45) is 5.92 Å². The molecule has 1 aliphatic rings. The van der Waals surface area contributed by atoms with Gasteiger partial charge in [-0.25, -0.2) is 0 Å². The Hall–Kier alpha value is -0.240. The zero-order valence-electron chi connectivity index (χ0n) is 11.2. The average Bonchev–Trinajstić information content (AvgIpc) is 2.32. The number of carbonyl (C=O) groups is 1. The quantitative estimate of drug-likeness (QED) is 0.721. The second-order valence-electron chi connectivity index (χ2n) is 5.19. The molecule has 2 unspecified atom stereocenters. The fourth-order valence-corrected chi connectivity index (χ4v) is 3.00. The highest BCUT2D eigenvalue weighted by atomic mass is 35.5. The Labute approximate surface area is 110 Å². The van der Waals surface area contributed by atoms with E-state index in [1.165, 1.54) is 12.8 Å². The first kappa shape index (κ1) is 14.8. The first-order valence-corrected chi connectivity index (χ1v) is 7.57. The summed E-state index contributed by atoms with van der Waals surface area (Å²) in [6.07, 6.45) is 8.64. The molecule has 0 aromatic rings. The van der Waals surface area contributed by atoms with E-state index >= 15 is 0 Å². The molecule has 0 aromatic carbocycles. The van der Waals surface area contributed by atoms with Gasteiger partial charge in [0.05, 0.1) is 5.38 Å². The van der Waals surface area contributed by atoms with Gasteiger partial charge in [-0.1, -0.05) is 39.5 Å². The number of halogens is 1. The standard InChI is InChI=1S/C14H26ClNO/c1-3-7-11(8-4-2)14(17)16-13-10-6-5-9-12(13)15/h11-13H,3-10H2,1-2H3,(H,16,17). The summed E-state index contributed by atoms with van der Waals surface area (Å²) in [6, 6.07) is 0.203. The SMILES string of the molecule is CCCC(CCC)C(=O)NC1CCCCC1Cl. The van der Waals surface area contributed by atoms with Gasteiger partial charge in [-0.15, -0.1) is 11.6 Å². The van der Waals surface area contributed by atoms with Crippen LogP contribution in [0, 0.1) is 5.92 Å². The number of rotatable bonds is 6. The maximum atomic E-state index is 12.2. The number of hydrogen-bond acceptors (Lipinski definition) is 1. The molecule has 1 fully saturated rings. The van der Waals surface area contributed by atoms with Gasteiger partial charge in [0.1, 0.15) is 0 Å². The molecule has 0 radical (unpaired) electrons. The van der Waals surface area contributed by atoms with Crippen LogP contribution in [-0.4, -0.2) is 17.3 Å². The molecule has 2 nitrogen and oxygen atoms in total. The summed E-state index contributed by atoms with van der Waals surface area (Å²) in [6.45, 7) is 4.28. The van der Waals surface area contributed by atoms with Gasteiger partial charge < -0.3 is 5.32 Å². The van der Waals surface area contributed by atoms with E-state index in [2.05, 4.69) is 19.2 Å². The molecule has 0 aliphatic heterocycles. The van der Waals surface area contributed by atoms with E-state index in [4.69, 9.17) is 11.6 Å². The third-order valence-electron chi connectivity index (χ3n) is 3.65. The Bertz CT molecular complexity index is 226. The maximum absolute atomic E-state index is 12.2. The molecular formula is C14H26ClNO. The van der Waals surface area contributed by atoms with Crippen LogP contribution in [0.3, 0.4) is 0 Å². The molecule has 0 saturated heterocycles.